The predicted molar refractivity (Wildman–Crippen MR) is 86.2 cm³/mol. The lowest BCUT2D eigenvalue weighted by Crippen LogP contribution is -2.30. The standard InChI is InChI=1S/C17H18FNO3S/c1-12-3-8-16(9-13(12)2)23(21,22)11-17(20)19-10-14-4-6-15(18)7-5-14/h3-9H,10-11H2,1-2H3,(H,19,20). The first-order chi connectivity index (χ1) is 10.8. The zero-order valence-corrected chi connectivity index (χ0v) is 13.8. The van der Waals surface area contributed by atoms with Gasteiger partial charge in [0.1, 0.15) is 11.6 Å². The van der Waals surface area contributed by atoms with Crippen LogP contribution in [0.4, 0.5) is 4.39 Å². The second-order valence-corrected chi connectivity index (χ2v) is 7.40. The van der Waals surface area contributed by atoms with Crippen molar-refractivity contribution in [3.05, 3.63) is 65.0 Å². The molecule has 0 aromatic heterocycles. The van der Waals surface area contributed by atoms with Crippen molar-refractivity contribution in [3.8, 4) is 0 Å². The first kappa shape index (κ1) is 17.1. The molecule has 0 aliphatic carbocycles. The Morgan fingerprint density at radius 1 is 1.04 bits per heavy atom. The highest BCUT2D eigenvalue weighted by Crippen LogP contribution is 2.16. The minimum atomic E-state index is -3.68. The smallest absolute Gasteiger partial charge is 0.235 e. The van der Waals surface area contributed by atoms with Gasteiger partial charge in [-0.2, -0.15) is 0 Å². The number of benzene rings is 2. The fourth-order valence-electron chi connectivity index (χ4n) is 2.02. The summed E-state index contributed by atoms with van der Waals surface area (Å²) in [6.07, 6.45) is 0. The van der Waals surface area contributed by atoms with E-state index < -0.39 is 21.5 Å². The van der Waals surface area contributed by atoms with Gasteiger partial charge in [-0.05, 0) is 54.8 Å². The molecule has 0 spiro atoms. The van der Waals surface area contributed by atoms with Gasteiger partial charge < -0.3 is 5.32 Å². The molecular formula is C17H18FNO3S. The van der Waals surface area contributed by atoms with Crippen molar-refractivity contribution in [2.75, 3.05) is 5.75 Å². The first-order valence-electron chi connectivity index (χ1n) is 7.09. The summed E-state index contributed by atoms with van der Waals surface area (Å²) in [5.41, 5.74) is 2.55. The van der Waals surface area contributed by atoms with Gasteiger partial charge in [0.15, 0.2) is 9.84 Å². The number of nitrogens with one attached hydrogen (secondary N) is 1. The summed E-state index contributed by atoms with van der Waals surface area (Å²) in [5.74, 6) is -1.57. The molecule has 0 atom stereocenters. The molecule has 23 heavy (non-hydrogen) atoms. The van der Waals surface area contributed by atoms with Crippen LogP contribution in [0.1, 0.15) is 16.7 Å². The molecule has 122 valence electrons. The number of carbonyl (C=O) groups excluding carboxylic acids is 1. The van der Waals surface area contributed by atoms with Crippen LogP contribution in [0, 0.1) is 19.7 Å². The van der Waals surface area contributed by atoms with E-state index in [0.29, 0.717) is 5.56 Å². The van der Waals surface area contributed by atoms with E-state index in [9.17, 15) is 17.6 Å². The lowest BCUT2D eigenvalue weighted by molar-refractivity contribution is -0.118. The Labute approximate surface area is 135 Å². The fraction of sp³-hybridized carbons (Fsp3) is 0.235. The SMILES string of the molecule is Cc1ccc(S(=O)(=O)CC(=O)NCc2ccc(F)cc2)cc1C. The maximum atomic E-state index is 12.8. The molecule has 0 saturated heterocycles. The van der Waals surface area contributed by atoms with Gasteiger partial charge in [-0.15, -0.1) is 0 Å². The lowest BCUT2D eigenvalue weighted by Gasteiger charge is -2.08. The first-order valence-corrected chi connectivity index (χ1v) is 8.74. The highest BCUT2D eigenvalue weighted by Gasteiger charge is 2.19. The molecule has 2 rings (SSSR count). The van der Waals surface area contributed by atoms with Crippen molar-refractivity contribution >= 4 is 15.7 Å². The van der Waals surface area contributed by atoms with Crippen molar-refractivity contribution < 1.29 is 17.6 Å². The fourth-order valence-corrected chi connectivity index (χ4v) is 3.26. The molecule has 2 aromatic carbocycles. The molecule has 0 fully saturated rings. The van der Waals surface area contributed by atoms with Crippen molar-refractivity contribution in [2.45, 2.75) is 25.3 Å². The second kappa shape index (κ2) is 6.91. The van der Waals surface area contributed by atoms with Crippen LogP contribution in [0.3, 0.4) is 0 Å². The Morgan fingerprint density at radius 2 is 1.70 bits per heavy atom. The molecule has 0 aliphatic rings. The Bertz CT molecular complexity index is 814. The Morgan fingerprint density at radius 3 is 2.30 bits per heavy atom. The third-order valence-electron chi connectivity index (χ3n) is 3.56. The molecule has 2 aromatic rings. The number of sulfone groups is 1. The molecule has 0 saturated carbocycles. The summed E-state index contributed by atoms with van der Waals surface area (Å²) in [5, 5.41) is 2.53. The Balaban J connectivity index is 2.00. The summed E-state index contributed by atoms with van der Waals surface area (Å²) >= 11 is 0. The summed E-state index contributed by atoms with van der Waals surface area (Å²) < 4.78 is 37.3. The predicted octanol–water partition coefficient (Wildman–Crippen LogP) is 2.53. The van der Waals surface area contributed by atoms with E-state index in [1.54, 1.807) is 12.1 Å². The van der Waals surface area contributed by atoms with Gasteiger partial charge in [0, 0.05) is 6.54 Å². The van der Waals surface area contributed by atoms with Crippen molar-refractivity contribution in [1.29, 1.82) is 0 Å². The number of rotatable bonds is 5. The van der Waals surface area contributed by atoms with E-state index >= 15 is 0 Å². The molecule has 0 heterocycles. The molecule has 0 unspecified atom stereocenters. The van der Waals surface area contributed by atoms with Crippen LogP contribution in [0.5, 0.6) is 0 Å². The van der Waals surface area contributed by atoms with Crippen LogP contribution in [0.15, 0.2) is 47.4 Å². The van der Waals surface area contributed by atoms with E-state index in [4.69, 9.17) is 0 Å². The Hall–Kier alpha value is -2.21. The van der Waals surface area contributed by atoms with Gasteiger partial charge in [0.05, 0.1) is 4.90 Å². The molecule has 4 nitrogen and oxygen atoms in total. The van der Waals surface area contributed by atoms with Gasteiger partial charge in [0.25, 0.3) is 0 Å². The molecule has 1 amide bonds. The third-order valence-corrected chi connectivity index (χ3v) is 5.18. The van der Waals surface area contributed by atoms with Crippen LogP contribution in [0.2, 0.25) is 0 Å². The average molecular weight is 335 g/mol. The number of carbonyl (C=O) groups is 1. The number of hydrogen-bond donors (Lipinski definition) is 1. The van der Waals surface area contributed by atoms with E-state index in [0.717, 1.165) is 11.1 Å². The van der Waals surface area contributed by atoms with E-state index in [2.05, 4.69) is 5.32 Å². The van der Waals surface area contributed by atoms with Crippen LogP contribution < -0.4 is 5.32 Å². The van der Waals surface area contributed by atoms with Gasteiger partial charge >= 0.3 is 0 Å². The summed E-state index contributed by atoms with van der Waals surface area (Å²) in [6, 6.07) is 10.4. The van der Waals surface area contributed by atoms with Crippen LogP contribution in [0.25, 0.3) is 0 Å². The topological polar surface area (TPSA) is 63.2 Å². The molecule has 1 N–H and O–H groups in total. The minimum absolute atomic E-state index is 0.137. The summed E-state index contributed by atoms with van der Waals surface area (Å²) in [4.78, 5) is 12.0. The van der Waals surface area contributed by atoms with E-state index in [-0.39, 0.29) is 17.3 Å². The highest BCUT2D eigenvalue weighted by molar-refractivity contribution is 7.92. The van der Waals surface area contributed by atoms with Gasteiger partial charge in [-0.3, -0.25) is 4.79 Å². The van der Waals surface area contributed by atoms with Gasteiger partial charge in [0.2, 0.25) is 5.91 Å². The number of amides is 1. The van der Waals surface area contributed by atoms with Crippen molar-refractivity contribution in [3.63, 3.8) is 0 Å². The average Bonchev–Trinajstić information content (AvgIpc) is 2.49. The largest absolute Gasteiger partial charge is 0.351 e. The maximum absolute atomic E-state index is 12.8. The number of aryl methyl sites for hydroxylation is 2. The van der Waals surface area contributed by atoms with Crippen LogP contribution in [-0.4, -0.2) is 20.1 Å². The minimum Gasteiger partial charge on any atom is -0.351 e. The zero-order chi connectivity index (χ0) is 17.0. The maximum Gasteiger partial charge on any atom is 0.235 e. The van der Waals surface area contributed by atoms with Crippen molar-refractivity contribution in [2.24, 2.45) is 0 Å². The van der Waals surface area contributed by atoms with Crippen molar-refractivity contribution in [1.82, 2.24) is 5.32 Å². The summed E-state index contributed by atoms with van der Waals surface area (Å²) in [6.45, 7) is 3.87. The quantitative estimate of drug-likeness (QED) is 0.913. The molecule has 0 radical (unpaired) electrons. The lowest BCUT2D eigenvalue weighted by atomic mass is 10.1. The normalized spacial score (nSPS) is 11.3. The van der Waals surface area contributed by atoms with Gasteiger partial charge in [-0.1, -0.05) is 18.2 Å². The summed E-state index contributed by atoms with van der Waals surface area (Å²) in [7, 11) is -3.68. The highest BCUT2D eigenvalue weighted by atomic mass is 32.2. The van der Waals surface area contributed by atoms with Crippen LogP contribution in [-0.2, 0) is 21.2 Å². The van der Waals surface area contributed by atoms with Crippen LogP contribution >= 0.6 is 0 Å². The van der Waals surface area contributed by atoms with E-state index in [1.165, 1.54) is 30.3 Å². The van der Waals surface area contributed by atoms with Gasteiger partial charge in [-0.25, -0.2) is 12.8 Å². The molecule has 0 aliphatic heterocycles. The third kappa shape index (κ3) is 4.63. The Kier molecular flexibility index (Phi) is 5.15. The monoisotopic (exact) mass is 335 g/mol. The second-order valence-electron chi connectivity index (χ2n) is 5.41. The molecular weight excluding hydrogens is 317 g/mol. The van der Waals surface area contributed by atoms with E-state index in [1.807, 2.05) is 13.8 Å². The number of hydrogen-bond acceptors (Lipinski definition) is 3. The number of halogens is 1. The zero-order valence-electron chi connectivity index (χ0n) is 13.0. The molecule has 0 bridgehead atoms. The molecule has 6 heteroatoms.